The first kappa shape index (κ1) is 55.5. The van der Waals surface area contributed by atoms with Gasteiger partial charge in [-0.25, -0.2) is 5.43 Å². The zero-order valence-electron chi connectivity index (χ0n) is 36.9. The summed E-state index contributed by atoms with van der Waals surface area (Å²) in [6.45, 7) is 0. The third kappa shape index (κ3) is 12.9. The Balaban J connectivity index is 0.000000154. The number of carbonyl (C=O) groups excluding carboxylic acids is 5. The molecule has 0 saturated carbocycles. The van der Waals surface area contributed by atoms with Crippen LogP contribution < -0.4 is 16.3 Å². The molecule has 4 aliphatic carbocycles. The van der Waals surface area contributed by atoms with E-state index in [-0.39, 0.29) is 45.6 Å². The molecular weight excluding hydrogens is 1120 g/mol. The van der Waals surface area contributed by atoms with E-state index in [1.165, 1.54) is 0 Å². The molecule has 10 rings (SSSR count). The molecule has 4 aromatic carbocycles. The molecule has 1 aromatic heterocycles. The average molecular weight is 1140 g/mol. The summed E-state index contributed by atoms with van der Waals surface area (Å²) in [7, 11) is 0. The van der Waals surface area contributed by atoms with Gasteiger partial charge < -0.3 is 5.21 Å². The predicted octanol–water partition coefficient (Wildman–Crippen LogP) is 10.8. The number of aromatic nitrogens is 2. The second-order valence-electron chi connectivity index (χ2n) is 14.3. The highest BCUT2D eigenvalue weighted by atomic mass is 35.5. The van der Waals surface area contributed by atoms with Crippen molar-refractivity contribution in [3.05, 3.63) is 226 Å². The predicted molar refractivity (Wildman–Crippen MR) is 287 cm³/mol. The first-order valence-corrected chi connectivity index (χ1v) is 24.4. The van der Waals surface area contributed by atoms with Gasteiger partial charge in [0.1, 0.15) is 57.8 Å². The molecule has 2 N–H and O–H groups in total. The van der Waals surface area contributed by atoms with Crippen LogP contribution in [-0.4, -0.2) is 55.6 Å². The van der Waals surface area contributed by atoms with Crippen LogP contribution in [0.3, 0.4) is 0 Å². The van der Waals surface area contributed by atoms with Crippen LogP contribution >= 0.6 is 92.3 Å². The van der Waals surface area contributed by atoms with E-state index in [0.29, 0.717) is 38.9 Å². The van der Waals surface area contributed by atoms with Crippen molar-refractivity contribution in [3.8, 4) is 12.1 Å². The van der Waals surface area contributed by atoms with Crippen LogP contribution in [-0.2, 0) is 9.59 Å². The molecule has 0 radical (unpaired) electrons. The van der Waals surface area contributed by atoms with Crippen molar-refractivity contribution in [1.82, 2.24) is 15.4 Å². The standard InChI is InChI=1S/C14H4N2O2S2.C13H11N3O2.C10H4Cl2O2.C8H6N2.C6Cl4O2/c15-5-9-10(6-16)20-14-12(18)8-4-2-1-3-7(8)11(17)13(14)19-9;17-13(10-4-2-1-3-5-10)15-14-11-6-8-12(16-18)9-7-11;11-7-8(12)10(14)6-4-2-1-3-5(6)9(7)13;1-2-4-8-7(3-1)9-5-6-10-8;7-1-2(8)6(12)4(10)3(9)5(1)11/h1-4H;1-9,18H,(H,15,17);1-4H;1-6H;. The van der Waals surface area contributed by atoms with Gasteiger partial charge in [0.15, 0.2) is 0 Å². The SMILES string of the molecule is N#Cc1sc2c(=O)c3ccccc3c(=O)c=2sc1C#N.O=C(NN=C1C=CC(=NO)C=C1)c1ccccc1.O=C1C(Cl)=C(Cl)C(=O)C(Cl)=C1Cl.O=C1C(Cl)=C(Cl)C(=O)c2ccccc21.c1ccc2nccnc2c1. The van der Waals surface area contributed by atoms with E-state index in [1.807, 2.05) is 42.5 Å². The number of halogens is 6. The van der Waals surface area contributed by atoms with Crippen molar-refractivity contribution in [2.75, 3.05) is 0 Å². The number of nitrogens with one attached hydrogen (secondary N) is 1. The molecule has 74 heavy (non-hydrogen) atoms. The third-order valence-electron chi connectivity index (χ3n) is 9.71. The van der Waals surface area contributed by atoms with Crippen molar-refractivity contribution in [3.63, 3.8) is 0 Å². The van der Waals surface area contributed by atoms with Gasteiger partial charge in [0, 0.05) is 39.9 Å². The number of amides is 1. The van der Waals surface area contributed by atoms with Gasteiger partial charge in [-0.3, -0.25) is 43.5 Å². The number of nitrogens with zero attached hydrogens (tertiary/aromatic N) is 6. The highest BCUT2D eigenvalue weighted by molar-refractivity contribution is 7.18. The molecule has 0 saturated heterocycles. The molecule has 15 nitrogen and oxygen atoms in total. The van der Waals surface area contributed by atoms with Crippen LogP contribution in [0.15, 0.2) is 190 Å². The number of rotatable bonds is 2. The Kier molecular flexibility index (Phi) is 19.3. The largest absolute Gasteiger partial charge is 0.410 e. The number of para-hydroxylation sites is 2. The molecular formula is C51H25Cl6N7O8S2. The normalized spacial score (nSPS) is 13.5. The fourth-order valence-electron chi connectivity index (χ4n) is 6.14. The molecule has 5 aromatic rings. The number of benzene rings is 4. The minimum absolute atomic E-state index is 0.164. The van der Waals surface area contributed by atoms with E-state index in [2.05, 4.69) is 25.7 Å². The van der Waals surface area contributed by atoms with E-state index >= 15 is 0 Å². The second kappa shape index (κ2) is 25.7. The van der Waals surface area contributed by atoms with Crippen molar-refractivity contribution in [2.45, 2.75) is 0 Å². The zero-order chi connectivity index (χ0) is 53.6. The van der Waals surface area contributed by atoms with Gasteiger partial charge in [-0.1, -0.05) is 154 Å². The number of fused-ring (bicyclic) bond motifs is 3. The summed E-state index contributed by atoms with van der Waals surface area (Å²) in [6.07, 6.45) is 9.85. The molecule has 1 amide bonds. The quantitative estimate of drug-likeness (QED) is 0.0932. The highest BCUT2D eigenvalue weighted by Gasteiger charge is 2.31. The van der Waals surface area contributed by atoms with Gasteiger partial charge in [-0.2, -0.15) is 15.6 Å². The fraction of sp³-hybridized carbons (Fsp3) is 0. The van der Waals surface area contributed by atoms with E-state index in [1.54, 1.807) is 109 Å². The summed E-state index contributed by atoms with van der Waals surface area (Å²) in [5.74, 6) is -2.52. The van der Waals surface area contributed by atoms with Crippen molar-refractivity contribution < 1.29 is 29.2 Å². The van der Waals surface area contributed by atoms with Crippen LogP contribution in [0.25, 0.3) is 21.8 Å². The molecule has 0 spiro atoms. The van der Waals surface area contributed by atoms with Crippen LogP contribution in [0.1, 0.15) is 40.8 Å². The number of hydrazone groups is 1. The number of carbonyl (C=O) groups is 5. The lowest BCUT2D eigenvalue weighted by molar-refractivity contribution is -0.114. The molecule has 23 heteroatoms. The van der Waals surface area contributed by atoms with Crippen LogP contribution in [0.4, 0.5) is 0 Å². The number of nitriles is 2. The number of allylic oxidation sites excluding steroid dienone is 10. The van der Waals surface area contributed by atoms with Crippen molar-refractivity contribution in [1.29, 1.82) is 10.5 Å². The summed E-state index contributed by atoms with van der Waals surface area (Å²) in [4.78, 5) is 90.1. The fourth-order valence-corrected chi connectivity index (χ4v) is 9.38. The van der Waals surface area contributed by atoms with Gasteiger partial charge in [0.05, 0.1) is 25.8 Å². The molecule has 5 aliphatic rings. The smallest absolute Gasteiger partial charge is 0.271 e. The summed E-state index contributed by atoms with van der Waals surface area (Å²) in [6, 6.07) is 33.5. The van der Waals surface area contributed by atoms with Gasteiger partial charge in [-0.05, 0) is 48.6 Å². The van der Waals surface area contributed by atoms with E-state index < -0.39 is 43.3 Å². The Morgan fingerprint density at radius 1 is 0.514 bits per heavy atom. The van der Waals surface area contributed by atoms with Gasteiger partial charge in [0.25, 0.3) is 5.91 Å². The summed E-state index contributed by atoms with van der Waals surface area (Å²) < 4.78 is 0.489. The third-order valence-corrected chi connectivity index (χ3v) is 14.6. The molecule has 0 bridgehead atoms. The van der Waals surface area contributed by atoms with Crippen LogP contribution in [0.5, 0.6) is 0 Å². The number of hydrogen-bond donors (Lipinski definition) is 2. The topological polar surface area (TPSA) is 250 Å². The summed E-state index contributed by atoms with van der Waals surface area (Å²) >= 11 is 34.5. The lowest BCUT2D eigenvalue weighted by Crippen LogP contribution is -2.19. The van der Waals surface area contributed by atoms with E-state index in [9.17, 15) is 33.6 Å². The summed E-state index contributed by atoms with van der Waals surface area (Å²) in [5, 5.41) is 32.2. The maximum Gasteiger partial charge on any atom is 0.271 e. The molecule has 0 fully saturated rings. The minimum Gasteiger partial charge on any atom is -0.410 e. The zero-order valence-corrected chi connectivity index (χ0v) is 43.0. The van der Waals surface area contributed by atoms with Crippen LogP contribution in [0, 0.1) is 31.7 Å². The van der Waals surface area contributed by atoms with E-state index in [0.717, 1.165) is 33.7 Å². The maximum absolute atomic E-state index is 12.4. The van der Waals surface area contributed by atoms with E-state index in [4.69, 9.17) is 85.3 Å². The van der Waals surface area contributed by atoms with Crippen LogP contribution in [0.2, 0.25) is 0 Å². The first-order valence-electron chi connectivity index (χ1n) is 20.5. The Morgan fingerprint density at radius 3 is 1.28 bits per heavy atom. The number of oxime groups is 1. The molecule has 0 unspecified atom stereocenters. The Morgan fingerprint density at radius 2 is 0.878 bits per heavy atom. The van der Waals surface area contributed by atoms with Gasteiger partial charge in [0.2, 0.25) is 34.0 Å². The Bertz CT molecular complexity index is 3710. The Labute approximate surface area is 454 Å². The number of ketones is 4. The Hall–Kier alpha value is -7.81. The van der Waals surface area contributed by atoms with Gasteiger partial charge in [-0.15, -0.1) is 22.7 Å². The lowest BCUT2D eigenvalue weighted by Gasteiger charge is -2.12. The monoisotopic (exact) mass is 1140 g/mol. The molecule has 366 valence electrons. The minimum atomic E-state index is -0.729. The van der Waals surface area contributed by atoms with Crippen molar-refractivity contribution in [2.24, 2.45) is 10.3 Å². The van der Waals surface area contributed by atoms with Crippen molar-refractivity contribution >= 4 is 155 Å². The number of Topliss-reactive ketones (excluding diaryl/α,β-unsaturated/α-hetero) is 4. The average Bonchev–Trinajstić information content (AvgIpc) is 3.45. The lowest BCUT2D eigenvalue weighted by atomic mass is 9.95. The molecule has 2 heterocycles. The number of hydrogen-bond acceptors (Lipinski definition) is 16. The second-order valence-corrected chi connectivity index (χ2v) is 18.6. The molecule has 1 aliphatic heterocycles. The van der Waals surface area contributed by atoms with Gasteiger partial charge >= 0.3 is 0 Å². The first-order chi connectivity index (χ1) is 35.5. The maximum atomic E-state index is 12.4. The molecule has 0 atom stereocenters. The summed E-state index contributed by atoms with van der Waals surface area (Å²) in [5.41, 5.74) is 5.99. The highest BCUT2D eigenvalue weighted by Crippen LogP contribution is 2.33.